The third-order valence-electron chi connectivity index (χ3n) is 23.8. The summed E-state index contributed by atoms with van der Waals surface area (Å²) in [6, 6.07) is 31.4. The number of aliphatic hydroxyl groups is 2. The van der Waals surface area contributed by atoms with Gasteiger partial charge in [-0.2, -0.15) is 30.8 Å². The highest BCUT2D eigenvalue weighted by Crippen LogP contribution is 2.47. The molecule has 7 aromatic rings. The Hall–Kier alpha value is -12.6. The molecule has 0 radical (unpaired) electrons. The van der Waals surface area contributed by atoms with Crippen LogP contribution in [0.5, 0.6) is 11.5 Å². The molecule has 0 atom stereocenters. The summed E-state index contributed by atoms with van der Waals surface area (Å²) in [7, 11) is 7.21. The quantitative estimate of drug-likeness (QED) is 0.0266. The zero-order valence-corrected chi connectivity index (χ0v) is 86.3. The van der Waals surface area contributed by atoms with Crippen molar-refractivity contribution in [3.63, 3.8) is 0 Å². The van der Waals surface area contributed by atoms with Crippen LogP contribution in [-0.2, 0) is 64.4 Å². The van der Waals surface area contributed by atoms with Crippen molar-refractivity contribution in [2.75, 3.05) is 89.3 Å². The van der Waals surface area contributed by atoms with E-state index in [1.54, 1.807) is 155 Å². The van der Waals surface area contributed by atoms with Gasteiger partial charge >= 0.3 is 0 Å². The highest BCUT2D eigenvalue weighted by Gasteiger charge is 2.46. The first-order chi connectivity index (χ1) is 65.5. The molecular weight excluding hydrogens is 1790 g/mol. The number of hydrogen-bond donors (Lipinski definition) is 2. The van der Waals surface area contributed by atoms with Crippen LogP contribution in [0.4, 0.5) is 15.4 Å². The summed E-state index contributed by atoms with van der Waals surface area (Å²) in [6.45, 7) is 37.0. The van der Waals surface area contributed by atoms with E-state index in [1.807, 2.05) is 25.1 Å². The molecule has 3 aliphatic rings. The molecule has 3 aromatic heterocycles. The van der Waals surface area contributed by atoms with E-state index in [0.717, 1.165) is 197 Å². The van der Waals surface area contributed by atoms with Gasteiger partial charge in [0, 0.05) is 110 Å². The van der Waals surface area contributed by atoms with Crippen LogP contribution in [0.3, 0.4) is 0 Å². The number of amides is 9. The van der Waals surface area contributed by atoms with Crippen LogP contribution in [0.15, 0.2) is 135 Å². The van der Waals surface area contributed by atoms with Crippen LogP contribution >= 0.6 is 34.0 Å². The highest BCUT2D eigenvalue weighted by atomic mass is 32.1. The summed E-state index contributed by atoms with van der Waals surface area (Å²) < 4.78 is 11.4. The number of ether oxygens (including phenoxy) is 2. The molecule has 0 fully saturated rings. The molecule has 0 aliphatic carbocycles. The van der Waals surface area contributed by atoms with E-state index in [0.29, 0.717) is 78.9 Å². The molecule has 28 nitrogen and oxygen atoms in total. The van der Waals surface area contributed by atoms with E-state index in [4.69, 9.17) is 24.4 Å². The van der Waals surface area contributed by atoms with E-state index < -0.39 is 64.0 Å². The number of rotatable bonds is 40. The Balaban J connectivity index is 0.000000253. The van der Waals surface area contributed by atoms with Gasteiger partial charge < -0.3 is 34.4 Å². The zero-order chi connectivity index (χ0) is 101. The molecule has 9 amide bonds. The van der Waals surface area contributed by atoms with Crippen molar-refractivity contribution < 1.29 is 62.8 Å². The third-order valence-corrected chi connectivity index (χ3v) is 27.0. The number of hydrogen-bond acceptors (Lipinski definition) is 25. The van der Waals surface area contributed by atoms with Crippen LogP contribution in [0.25, 0.3) is 52.0 Å². The van der Waals surface area contributed by atoms with Gasteiger partial charge in [0.1, 0.15) is 46.4 Å². The first-order valence-corrected chi connectivity index (χ1v) is 49.9. The fourth-order valence-electron chi connectivity index (χ4n) is 16.0. The minimum absolute atomic E-state index is 0.0975. The number of carbonyl (C=O) groups excluding carboxylic acids is 9. The second kappa shape index (κ2) is 51.0. The molecule has 137 heavy (non-hydrogen) atoms. The minimum atomic E-state index is -0.882. The number of nitriles is 3. The zero-order valence-electron chi connectivity index (χ0n) is 83.8. The Morgan fingerprint density at radius 3 is 1.03 bits per heavy atom. The van der Waals surface area contributed by atoms with Gasteiger partial charge in [-0.1, -0.05) is 243 Å². The summed E-state index contributed by atoms with van der Waals surface area (Å²) in [4.78, 5) is 147. The van der Waals surface area contributed by atoms with Crippen molar-refractivity contribution in [3.8, 4) is 63.5 Å². The largest absolute Gasteiger partial charge is 0.496 e. The van der Waals surface area contributed by atoms with Crippen molar-refractivity contribution in [2.45, 2.75) is 240 Å². The second-order valence-corrected chi connectivity index (χ2v) is 38.8. The molecule has 3 aliphatic heterocycles. The maximum atomic E-state index is 14.5. The van der Waals surface area contributed by atoms with Gasteiger partial charge in [-0.3, -0.25) is 43.2 Å². The molecule has 31 heteroatoms. The van der Waals surface area contributed by atoms with E-state index in [2.05, 4.69) is 88.3 Å². The molecule has 0 saturated heterocycles. The lowest BCUT2D eigenvalue weighted by Crippen LogP contribution is -2.56. The molecule has 0 spiro atoms. The number of carbonyl (C=O) groups is 9. The first-order valence-electron chi connectivity index (χ1n) is 47.5. The monoisotopic (exact) mass is 1920 g/mol. The van der Waals surface area contributed by atoms with Gasteiger partial charge in [-0.25, -0.2) is 30.0 Å². The van der Waals surface area contributed by atoms with E-state index in [1.165, 1.54) is 66.3 Å². The van der Waals surface area contributed by atoms with Crippen molar-refractivity contribution in [1.29, 1.82) is 15.8 Å². The SMILES string of the molecule is CCCCC1=C(C#N)C(=O)N(N(C)C(=O)c2ccccc2)C(=O)/C1=C\c1sc(N(CCCC)CCCC)nc1-c1c(CO)cccc1OC.CCCCN(CCCC)c1nc(-c2c(CC)cccc2CC)c(/C=C2\C(=O)N(N(C)C(=O)C(C)(C)C)C(=O)C(C#N)=C2C)s1.CCCCN(CCCC)c1nc(-c2c(CO)cccc2OC)c(/C=C2\C(=O)N(N(C)C(=O)C(C)(C)C)C(=O)C(C#N)=C2C)s1. The number of benzene rings is 4. The van der Waals surface area contributed by atoms with Crippen LogP contribution in [-0.4, -0.2) is 183 Å². The molecule has 4 aromatic carbocycles. The van der Waals surface area contributed by atoms with Crippen molar-refractivity contribution in [3.05, 3.63) is 178 Å². The Labute approximate surface area is 820 Å². The maximum Gasteiger partial charge on any atom is 0.290 e. The van der Waals surface area contributed by atoms with Crippen LogP contribution in [0, 0.1) is 44.8 Å². The van der Waals surface area contributed by atoms with Gasteiger partial charge in [0.05, 0.1) is 59.1 Å². The Kier molecular flexibility index (Phi) is 40.9. The molecule has 2 N–H and O–H groups in total. The molecule has 730 valence electrons. The van der Waals surface area contributed by atoms with E-state index >= 15 is 0 Å². The topological polar surface area (TPSA) is 352 Å². The molecule has 0 unspecified atom stereocenters. The maximum absolute atomic E-state index is 14.5. The molecular formula is C106H135N15O13S3. The van der Waals surface area contributed by atoms with E-state index in [9.17, 15) is 69.1 Å². The Morgan fingerprint density at radius 2 is 0.715 bits per heavy atom. The lowest BCUT2D eigenvalue weighted by molar-refractivity contribution is -0.171. The Morgan fingerprint density at radius 1 is 0.409 bits per heavy atom. The molecule has 10 rings (SSSR count). The minimum Gasteiger partial charge on any atom is -0.496 e. The van der Waals surface area contributed by atoms with E-state index in [-0.39, 0.29) is 57.8 Å². The number of hydrazine groups is 3. The van der Waals surface area contributed by atoms with Gasteiger partial charge in [0.25, 0.3) is 41.4 Å². The fourth-order valence-corrected chi connectivity index (χ4v) is 19.2. The van der Waals surface area contributed by atoms with Crippen molar-refractivity contribution in [1.82, 2.24) is 45.0 Å². The average molecular weight is 1920 g/mol. The smallest absolute Gasteiger partial charge is 0.290 e. The highest BCUT2D eigenvalue weighted by molar-refractivity contribution is 7.17. The van der Waals surface area contributed by atoms with Crippen LogP contribution in [0.2, 0.25) is 0 Å². The number of anilines is 3. The third kappa shape index (κ3) is 25.4. The second-order valence-electron chi connectivity index (χ2n) is 35.8. The summed E-state index contributed by atoms with van der Waals surface area (Å²) in [5.74, 6) is -4.98. The number of aryl methyl sites for hydroxylation is 2. The average Bonchev–Trinajstić information content (AvgIpc) is 1.54. The lowest BCUT2D eigenvalue weighted by Gasteiger charge is -2.36. The first kappa shape index (κ1) is 110. The van der Waals surface area contributed by atoms with Gasteiger partial charge in [0.2, 0.25) is 11.8 Å². The number of methoxy groups -OCH3 is 2. The molecule has 0 saturated carbocycles. The number of imide groups is 3. The number of nitrogens with zero attached hydrogens (tertiary/aromatic N) is 15. The predicted molar refractivity (Wildman–Crippen MR) is 544 cm³/mol. The van der Waals surface area contributed by atoms with Crippen LogP contribution in [0.1, 0.15) is 261 Å². The number of aliphatic hydroxyl groups excluding tert-OH is 2. The summed E-state index contributed by atoms with van der Waals surface area (Å²) in [6.07, 6.45) is 20.6. The fraction of sp³-hybridized carbons (Fsp3) is 0.462. The summed E-state index contributed by atoms with van der Waals surface area (Å²) >= 11 is 4.32. The number of aromatic nitrogens is 3. The normalized spacial score (nSPS) is 14.5. The summed E-state index contributed by atoms with van der Waals surface area (Å²) in [5, 5.41) is 58.6. The van der Waals surface area contributed by atoms with Gasteiger partial charge in [0.15, 0.2) is 15.4 Å². The van der Waals surface area contributed by atoms with Crippen LogP contribution < -0.4 is 24.2 Å². The summed E-state index contributed by atoms with van der Waals surface area (Å²) in [5.41, 5.74) is 6.91. The van der Waals surface area contributed by atoms with Gasteiger partial charge in [-0.15, -0.1) is 0 Å². The Bertz CT molecular complexity index is 5580. The standard InChI is InChI=1S/C38H45N5O5S.C35H47N5O3S.C33H43N5O5S/c1-6-9-19-28-29(36(46)43(37(47)30(28)24-39)41(4)35(45)26-16-13-12-14-17-26)23-32-34(33-27(25-44)18-15-20-31(33)48-5)40-38(49-32)42(21-10-7-2)22-11-8-3;1-10-14-19-39(20-15-11-2)34-37-30(29-24(12-3)17-16-18-25(29)13-4)28(44-34)21-26-23(5)27(22-36)32(42)40(31(26)41)38(9)33(43)35(6,7)8;1-9-11-16-37(17-12-10-2)32-35-28(27-22(20-39)14-13-15-25(27)43-8)26(44-32)18-23-21(3)24(19-34)30(41)38(29(23)40)36(7)31(42)33(4,5)6/h12-18,20,23,44H,6-11,19,21-22,25H2,1-5H3;16-18,21H,10-15,19-20H2,1-9H3;13-15,18,39H,9-12,16-17,20H2,1-8H3/b29-23-;26-21-;23-18-. The predicted octanol–water partition coefficient (Wildman–Crippen LogP) is 20.3. The van der Waals surface area contributed by atoms with Gasteiger partial charge in [-0.05, 0) is 160 Å². The number of unbranched alkanes of at least 4 members (excludes halogenated alkanes) is 7. The molecule has 0 bridgehead atoms. The van der Waals surface area contributed by atoms with Crippen molar-refractivity contribution in [2.24, 2.45) is 10.8 Å². The lowest BCUT2D eigenvalue weighted by atomic mass is 9.90. The number of thiazole rings is 3. The van der Waals surface area contributed by atoms with Crippen molar-refractivity contribution >= 4 is 121 Å². The molecule has 6 heterocycles.